The van der Waals surface area contributed by atoms with Gasteiger partial charge in [0.25, 0.3) is 0 Å². The Balaban J connectivity index is 1.57. The van der Waals surface area contributed by atoms with Gasteiger partial charge >= 0.3 is 0 Å². The molecule has 4 nitrogen and oxygen atoms in total. The van der Waals surface area contributed by atoms with Gasteiger partial charge in [-0.3, -0.25) is 14.9 Å². The Morgan fingerprint density at radius 3 is 2.69 bits per heavy atom. The Morgan fingerprint density at radius 2 is 1.81 bits per heavy atom. The number of rotatable bonds is 3. The van der Waals surface area contributed by atoms with Gasteiger partial charge in [-0.2, -0.15) is 0 Å². The second kappa shape index (κ2) is 6.54. The van der Waals surface area contributed by atoms with Gasteiger partial charge in [-0.15, -0.1) is 0 Å². The van der Waals surface area contributed by atoms with Crippen LogP contribution in [-0.4, -0.2) is 28.0 Å². The molecule has 1 saturated heterocycles. The molecule has 1 aliphatic rings. The SMILES string of the molecule is c1ccc2oc(-c3cncc4ccc(CN5CCCCC5)nc34)cc2c1. The largest absolute Gasteiger partial charge is 0.456 e. The van der Waals surface area contributed by atoms with Crippen molar-refractivity contribution in [1.29, 1.82) is 0 Å². The summed E-state index contributed by atoms with van der Waals surface area (Å²) >= 11 is 0. The third-order valence-electron chi connectivity index (χ3n) is 5.18. The predicted molar refractivity (Wildman–Crippen MR) is 104 cm³/mol. The van der Waals surface area contributed by atoms with E-state index in [0.29, 0.717) is 0 Å². The Hall–Kier alpha value is -2.72. The third-order valence-corrected chi connectivity index (χ3v) is 5.18. The molecule has 0 radical (unpaired) electrons. The van der Waals surface area contributed by atoms with Crippen molar-refractivity contribution in [3.63, 3.8) is 0 Å². The van der Waals surface area contributed by atoms with Crippen molar-refractivity contribution in [1.82, 2.24) is 14.9 Å². The van der Waals surface area contributed by atoms with Crippen LogP contribution in [0.3, 0.4) is 0 Å². The number of hydrogen-bond acceptors (Lipinski definition) is 4. The maximum atomic E-state index is 6.06. The third kappa shape index (κ3) is 2.86. The summed E-state index contributed by atoms with van der Waals surface area (Å²) < 4.78 is 6.06. The van der Waals surface area contributed by atoms with Crippen LogP contribution in [-0.2, 0) is 6.54 Å². The number of furan rings is 1. The molecule has 26 heavy (non-hydrogen) atoms. The smallest absolute Gasteiger partial charge is 0.139 e. The van der Waals surface area contributed by atoms with Gasteiger partial charge in [0.2, 0.25) is 0 Å². The Labute approximate surface area is 152 Å². The van der Waals surface area contributed by atoms with Crippen LogP contribution in [0.5, 0.6) is 0 Å². The molecule has 4 heteroatoms. The summed E-state index contributed by atoms with van der Waals surface area (Å²) in [6, 6.07) is 14.4. The molecule has 4 heterocycles. The highest BCUT2D eigenvalue weighted by molar-refractivity contribution is 5.94. The van der Waals surface area contributed by atoms with E-state index in [1.54, 1.807) is 0 Å². The minimum absolute atomic E-state index is 0.826. The number of piperidine rings is 1. The molecule has 1 aliphatic heterocycles. The minimum atomic E-state index is 0.826. The number of para-hydroxylation sites is 1. The highest BCUT2D eigenvalue weighted by atomic mass is 16.3. The van der Waals surface area contributed by atoms with E-state index < -0.39 is 0 Å². The highest BCUT2D eigenvalue weighted by Crippen LogP contribution is 2.31. The van der Waals surface area contributed by atoms with Gasteiger partial charge in [0.1, 0.15) is 11.3 Å². The van der Waals surface area contributed by atoms with Crippen LogP contribution in [0.4, 0.5) is 0 Å². The van der Waals surface area contributed by atoms with Crippen LogP contribution in [0.15, 0.2) is 59.3 Å². The van der Waals surface area contributed by atoms with Crippen molar-refractivity contribution in [2.24, 2.45) is 0 Å². The molecule has 0 amide bonds. The number of benzene rings is 1. The van der Waals surface area contributed by atoms with Crippen molar-refractivity contribution >= 4 is 21.9 Å². The molecule has 0 N–H and O–H groups in total. The summed E-state index contributed by atoms with van der Waals surface area (Å²) in [6.45, 7) is 3.26. The lowest BCUT2D eigenvalue weighted by Crippen LogP contribution is -2.29. The quantitative estimate of drug-likeness (QED) is 0.523. The fourth-order valence-electron chi connectivity index (χ4n) is 3.81. The first kappa shape index (κ1) is 15.5. The molecule has 130 valence electrons. The maximum Gasteiger partial charge on any atom is 0.139 e. The summed E-state index contributed by atoms with van der Waals surface area (Å²) in [5.74, 6) is 0.826. The number of nitrogens with zero attached hydrogens (tertiary/aromatic N) is 3. The molecule has 0 unspecified atom stereocenters. The molecular formula is C22H21N3O. The van der Waals surface area contributed by atoms with Crippen molar-refractivity contribution in [2.75, 3.05) is 13.1 Å². The molecule has 0 bridgehead atoms. The average Bonchev–Trinajstić information content (AvgIpc) is 3.12. The second-order valence-corrected chi connectivity index (χ2v) is 7.05. The molecule has 1 fully saturated rings. The number of likely N-dealkylation sites (tertiary alicyclic amines) is 1. The first-order chi connectivity index (χ1) is 12.9. The fourth-order valence-corrected chi connectivity index (χ4v) is 3.81. The van der Waals surface area contributed by atoms with E-state index in [0.717, 1.165) is 45.4 Å². The van der Waals surface area contributed by atoms with Crippen LogP contribution in [0.1, 0.15) is 25.0 Å². The van der Waals surface area contributed by atoms with E-state index in [4.69, 9.17) is 9.40 Å². The van der Waals surface area contributed by atoms with Gasteiger partial charge in [0.05, 0.1) is 16.8 Å². The standard InChI is InChI=1S/C22H21N3O/c1-4-10-25(11-5-1)15-18-9-8-17-13-23-14-19(22(17)24-18)21-12-16-6-2-3-7-20(16)26-21/h2-3,6-9,12-14H,1,4-5,10-11,15H2. The fraction of sp³-hybridized carbons (Fsp3) is 0.273. The number of aromatic nitrogens is 2. The summed E-state index contributed by atoms with van der Waals surface area (Å²) in [4.78, 5) is 11.9. The summed E-state index contributed by atoms with van der Waals surface area (Å²) in [7, 11) is 0. The van der Waals surface area contributed by atoms with Gasteiger partial charge < -0.3 is 4.42 Å². The zero-order valence-corrected chi connectivity index (χ0v) is 14.7. The van der Waals surface area contributed by atoms with E-state index in [1.807, 2.05) is 30.6 Å². The van der Waals surface area contributed by atoms with Gasteiger partial charge in [-0.25, -0.2) is 0 Å². The molecule has 0 spiro atoms. The van der Waals surface area contributed by atoms with Crippen molar-refractivity contribution < 1.29 is 4.42 Å². The highest BCUT2D eigenvalue weighted by Gasteiger charge is 2.14. The molecule has 0 atom stereocenters. The first-order valence-corrected chi connectivity index (χ1v) is 9.32. The predicted octanol–water partition coefficient (Wildman–Crippen LogP) is 5.03. The van der Waals surface area contributed by atoms with Gasteiger partial charge in [-0.05, 0) is 50.2 Å². The molecule has 5 rings (SSSR count). The van der Waals surface area contributed by atoms with E-state index in [9.17, 15) is 0 Å². The van der Waals surface area contributed by atoms with Crippen LogP contribution < -0.4 is 0 Å². The Morgan fingerprint density at radius 1 is 0.923 bits per heavy atom. The maximum absolute atomic E-state index is 6.06. The van der Waals surface area contributed by atoms with Crippen LogP contribution in [0.25, 0.3) is 33.2 Å². The average molecular weight is 343 g/mol. The Kier molecular flexibility index (Phi) is 3.91. The van der Waals surface area contributed by atoms with Gasteiger partial charge in [0, 0.05) is 29.7 Å². The van der Waals surface area contributed by atoms with Crippen LogP contribution in [0, 0.1) is 0 Å². The molecule has 4 aromatic rings. The summed E-state index contributed by atoms with van der Waals surface area (Å²) in [5.41, 5.74) is 3.93. The number of fused-ring (bicyclic) bond motifs is 2. The Bertz CT molecular complexity index is 1030. The zero-order valence-electron chi connectivity index (χ0n) is 14.7. The van der Waals surface area contributed by atoms with Crippen molar-refractivity contribution in [3.05, 3.63) is 60.6 Å². The zero-order chi connectivity index (χ0) is 17.3. The van der Waals surface area contributed by atoms with Gasteiger partial charge in [-0.1, -0.05) is 24.6 Å². The lowest BCUT2D eigenvalue weighted by atomic mass is 10.1. The van der Waals surface area contributed by atoms with Crippen LogP contribution >= 0.6 is 0 Å². The van der Waals surface area contributed by atoms with Crippen molar-refractivity contribution in [3.8, 4) is 11.3 Å². The van der Waals surface area contributed by atoms with E-state index in [2.05, 4.69) is 34.1 Å². The summed E-state index contributed by atoms with van der Waals surface area (Å²) in [6.07, 6.45) is 7.67. The summed E-state index contributed by atoms with van der Waals surface area (Å²) in [5, 5.41) is 2.15. The van der Waals surface area contributed by atoms with E-state index >= 15 is 0 Å². The molecule has 3 aromatic heterocycles. The first-order valence-electron chi connectivity index (χ1n) is 9.32. The topological polar surface area (TPSA) is 42.2 Å². The number of pyridine rings is 2. The van der Waals surface area contributed by atoms with E-state index in [-0.39, 0.29) is 0 Å². The van der Waals surface area contributed by atoms with E-state index in [1.165, 1.54) is 32.4 Å². The molecular weight excluding hydrogens is 322 g/mol. The van der Waals surface area contributed by atoms with Crippen LogP contribution in [0.2, 0.25) is 0 Å². The lowest BCUT2D eigenvalue weighted by molar-refractivity contribution is 0.219. The molecule has 0 aliphatic carbocycles. The van der Waals surface area contributed by atoms with Crippen molar-refractivity contribution in [2.45, 2.75) is 25.8 Å². The lowest BCUT2D eigenvalue weighted by Gasteiger charge is -2.26. The number of hydrogen-bond donors (Lipinski definition) is 0. The normalized spacial score (nSPS) is 15.7. The second-order valence-electron chi connectivity index (χ2n) is 7.05. The van der Waals surface area contributed by atoms with Gasteiger partial charge in [0.15, 0.2) is 0 Å². The molecule has 1 aromatic carbocycles. The molecule has 0 saturated carbocycles. The monoisotopic (exact) mass is 343 g/mol. The minimum Gasteiger partial charge on any atom is -0.456 e.